The lowest BCUT2D eigenvalue weighted by Crippen LogP contribution is -2.15. The minimum absolute atomic E-state index is 0.0859. The first-order valence-electron chi connectivity index (χ1n) is 4.71. The highest BCUT2D eigenvalue weighted by atomic mass is 79.9. The molecule has 0 unspecified atom stereocenters. The van der Waals surface area contributed by atoms with E-state index in [4.69, 9.17) is 0 Å². The van der Waals surface area contributed by atoms with Crippen LogP contribution in [0.3, 0.4) is 0 Å². The van der Waals surface area contributed by atoms with Crippen molar-refractivity contribution in [3.63, 3.8) is 0 Å². The molecule has 2 rings (SSSR count). The lowest BCUT2D eigenvalue weighted by molar-refractivity contribution is 0.589. The number of benzene rings is 1. The number of nitrogens with zero attached hydrogens (tertiary/aromatic N) is 1. The second-order valence-corrected chi connectivity index (χ2v) is 5.15. The normalized spacial score (nSPS) is 10.6. The molecule has 2 aromatic rings. The van der Waals surface area contributed by atoms with Crippen LogP contribution < -0.4 is 5.56 Å². The van der Waals surface area contributed by atoms with Gasteiger partial charge in [0.05, 0.1) is 5.69 Å². The summed E-state index contributed by atoms with van der Waals surface area (Å²) >= 11 is 6.70. The summed E-state index contributed by atoms with van der Waals surface area (Å²) in [6.07, 6.45) is 0. The van der Waals surface area contributed by atoms with Crippen LogP contribution in [0.5, 0.6) is 0 Å². The molecule has 0 saturated carbocycles. The van der Waals surface area contributed by atoms with Crippen molar-refractivity contribution in [3.05, 3.63) is 49.0 Å². The Balaban J connectivity index is 2.61. The van der Waals surface area contributed by atoms with E-state index in [2.05, 4.69) is 41.8 Å². The highest BCUT2D eigenvalue weighted by Gasteiger charge is 2.09. The van der Waals surface area contributed by atoms with Gasteiger partial charge in [-0.1, -0.05) is 6.07 Å². The zero-order valence-corrected chi connectivity index (χ0v) is 11.9. The summed E-state index contributed by atoms with van der Waals surface area (Å²) in [4.78, 5) is 17.7. The third-order valence-corrected chi connectivity index (χ3v) is 4.10. The summed E-state index contributed by atoms with van der Waals surface area (Å²) in [6.45, 7) is 1.46. The molecule has 0 amide bonds. The zero-order chi connectivity index (χ0) is 12.6. The molecule has 3 nitrogen and oxygen atoms in total. The molecule has 1 aromatic carbocycles. The summed E-state index contributed by atoms with van der Waals surface area (Å²) in [5.41, 5.74) is 0.0367. The van der Waals surface area contributed by atoms with Crippen molar-refractivity contribution >= 4 is 31.9 Å². The van der Waals surface area contributed by atoms with Crippen molar-refractivity contribution in [1.82, 2.24) is 9.97 Å². The summed E-state index contributed by atoms with van der Waals surface area (Å²) in [7, 11) is 0. The quantitative estimate of drug-likeness (QED) is 0.845. The second-order valence-electron chi connectivity index (χ2n) is 3.44. The predicted molar refractivity (Wildman–Crippen MR) is 70.4 cm³/mol. The number of H-pyrrole nitrogens is 1. The maximum atomic E-state index is 13.1. The van der Waals surface area contributed by atoms with Crippen LogP contribution in [-0.2, 0) is 0 Å². The maximum Gasteiger partial charge on any atom is 0.287 e. The zero-order valence-electron chi connectivity index (χ0n) is 8.72. The number of nitrogens with one attached hydrogen (secondary N) is 1. The summed E-state index contributed by atoms with van der Waals surface area (Å²) < 4.78 is 14.9. The van der Waals surface area contributed by atoms with E-state index in [1.54, 1.807) is 12.1 Å². The van der Waals surface area contributed by atoms with Crippen LogP contribution in [-0.4, -0.2) is 9.97 Å². The van der Waals surface area contributed by atoms with E-state index < -0.39 is 11.4 Å². The molecule has 0 aliphatic rings. The number of hydrogen-bond acceptors (Lipinski definition) is 2. The largest absolute Gasteiger partial charge is 0.304 e. The van der Waals surface area contributed by atoms with Gasteiger partial charge in [0.2, 0.25) is 5.82 Å². The summed E-state index contributed by atoms with van der Waals surface area (Å²) in [5.74, 6) is -0.493. The van der Waals surface area contributed by atoms with Crippen molar-refractivity contribution in [1.29, 1.82) is 0 Å². The van der Waals surface area contributed by atoms with Crippen molar-refractivity contribution in [2.75, 3.05) is 0 Å². The molecular weight excluding hydrogens is 355 g/mol. The fraction of sp³-hybridized carbons (Fsp3) is 0.0909. The minimum atomic E-state index is -0.843. The van der Waals surface area contributed by atoms with E-state index in [0.29, 0.717) is 11.4 Å². The molecule has 0 spiro atoms. The van der Waals surface area contributed by atoms with Gasteiger partial charge in [-0.05, 0) is 50.9 Å². The Hall–Kier alpha value is -1.01. The average molecular weight is 362 g/mol. The van der Waals surface area contributed by atoms with Crippen LogP contribution in [0.25, 0.3) is 11.4 Å². The first-order chi connectivity index (χ1) is 7.99. The van der Waals surface area contributed by atoms with Crippen molar-refractivity contribution < 1.29 is 4.39 Å². The van der Waals surface area contributed by atoms with Crippen LogP contribution in [0.2, 0.25) is 0 Å². The molecule has 1 N–H and O–H groups in total. The molecule has 1 heterocycles. The first kappa shape index (κ1) is 12.4. The average Bonchev–Trinajstić information content (AvgIpc) is 2.29. The number of aromatic amines is 1. The van der Waals surface area contributed by atoms with E-state index in [9.17, 15) is 9.18 Å². The molecule has 6 heteroatoms. The van der Waals surface area contributed by atoms with E-state index >= 15 is 0 Å². The topological polar surface area (TPSA) is 45.8 Å². The van der Waals surface area contributed by atoms with Gasteiger partial charge < -0.3 is 4.98 Å². The maximum absolute atomic E-state index is 13.1. The third-order valence-electron chi connectivity index (χ3n) is 2.22. The van der Waals surface area contributed by atoms with Gasteiger partial charge in [0.1, 0.15) is 5.82 Å². The van der Waals surface area contributed by atoms with Crippen LogP contribution in [0.1, 0.15) is 5.69 Å². The molecule has 0 fully saturated rings. The second kappa shape index (κ2) is 4.70. The van der Waals surface area contributed by atoms with Crippen molar-refractivity contribution in [2.45, 2.75) is 6.92 Å². The number of aryl methyl sites for hydroxylation is 1. The van der Waals surface area contributed by atoms with Gasteiger partial charge in [0.25, 0.3) is 5.56 Å². The predicted octanol–water partition coefficient (Wildman–Crippen LogP) is 3.41. The Bertz CT molecular complexity index is 640. The van der Waals surface area contributed by atoms with E-state index in [1.807, 2.05) is 6.07 Å². The van der Waals surface area contributed by atoms with E-state index in [1.165, 1.54) is 6.92 Å². The molecule has 0 saturated heterocycles. The lowest BCUT2D eigenvalue weighted by Gasteiger charge is -2.04. The Morgan fingerprint density at radius 1 is 1.29 bits per heavy atom. The monoisotopic (exact) mass is 360 g/mol. The Morgan fingerprint density at radius 2 is 2.00 bits per heavy atom. The Labute approximate surface area is 113 Å². The smallest absolute Gasteiger partial charge is 0.287 e. The highest BCUT2D eigenvalue weighted by Crippen LogP contribution is 2.27. The highest BCUT2D eigenvalue weighted by molar-refractivity contribution is 9.13. The fourth-order valence-corrected chi connectivity index (χ4v) is 1.98. The standard InChI is InChI=1S/C11H7Br2FN2O/c1-5-9(14)11(17)16-10(15-5)6-2-3-7(12)8(13)4-6/h2-4H,1H3,(H,15,16,17). The molecule has 1 aromatic heterocycles. The summed E-state index contributed by atoms with van der Waals surface area (Å²) in [5, 5.41) is 0. The fourth-order valence-electron chi connectivity index (χ4n) is 1.35. The number of hydrogen-bond donors (Lipinski definition) is 1. The molecule has 88 valence electrons. The molecule has 0 radical (unpaired) electrons. The van der Waals surface area contributed by atoms with Crippen molar-refractivity contribution in [3.8, 4) is 11.4 Å². The van der Waals surface area contributed by atoms with Gasteiger partial charge in [-0.3, -0.25) is 4.79 Å². The van der Waals surface area contributed by atoms with Crippen LogP contribution in [0.15, 0.2) is 31.9 Å². The van der Waals surface area contributed by atoms with Crippen molar-refractivity contribution in [2.24, 2.45) is 0 Å². The van der Waals surface area contributed by atoms with Gasteiger partial charge in [0, 0.05) is 14.5 Å². The Kier molecular flexibility index (Phi) is 3.44. The number of aromatic nitrogens is 2. The molecule has 0 aliphatic heterocycles. The molecule has 0 bridgehead atoms. The SMILES string of the molecule is Cc1nc(-c2ccc(Br)c(Br)c2)[nH]c(=O)c1F. The third kappa shape index (κ3) is 2.47. The van der Waals surface area contributed by atoms with Crippen LogP contribution in [0.4, 0.5) is 4.39 Å². The Morgan fingerprint density at radius 3 is 2.59 bits per heavy atom. The minimum Gasteiger partial charge on any atom is -0.304 e. The number of halogens is 3. The van der Waals surface area contributed by atoms with E-state index in [0.717, 1.165) is 8.95 Å². The van der Waals surface area contributed by atoms with Gasteiger partial charge in [-0.15, -0.1) is 0 Å². The first-order valence-corrected chi connectivity index (χ1v) is 6.29. The van der Waals surface area contributed by atoms with Crippen LogP contribution >= 0.6 is 31.9 Å². The number of rotatable bonds is 1. The molecule has 17 heavy (non-hydrogen) atoms. The van der Waals surface area contributed by atoms with E-state index in [-0.39, 0.29) is 5.69 Å². The molecule has 0 atom stereocenters. The van der Waals surface area contributed by atoms with Crippen LogP contribution in [0, 0.1) is 12.7 Å². The molecule has 0 aliphatic carbocycles. The van der Waals surface area contributed by atoms with Gasteiger partial charge >= 0.3 is 0 Å². The van der Waals surface area contributed by atoms with Gasteiger partial charge in [-0.25, -0.2) is 4.98 Å². The summed E-state index contributed by atoms with van der Waals surface area (Å²) in [6, 6.07) is 5.39. The molecular formula is C11H7Br2FN2O. The van der Waals surface area contributed by atoms with Gasteiger partial charge in [-0.2, -0.15) is 4.39 Å². The van der Waals surface area contributed by atoms with Gasteiger partial charge in [0.15, 0.2) is 0 Å². The lowest BCUT2D eigenvalue weighted by atomic mass is 10.2.